The summed E-state index contributed by atoms with van der Waals surface area (Å²) in [5, 5.41) is 2.82. The van der Waals surface area contributed by atoms with Crippen LogP contribution in [0.2, 0.25) is 0 Å². The summed E-state index contributed by atoms with van der Waals surface area (Å²) < 4.78 is 58.4. The number of aromatic nitrogens is 2. The molecule has 2 unspecified atom stereocenters. The van der Waals surface area contributed by atoms with E-state index in [0.717, 1.165) is 6.20 Å². The summed E-state index contributed by atoms with van der Waals surface area (Å²) in [5.74, 6) is -0.740. The number of anilines is 1. The quantitative estimate of drug-likeness (QED) is 0.690. The maximum Gasteiger partial charge on any atom is 0.434 e. The predicted octanol–water partition coefficient (Wildman–Crippen LogP) is 3.18. The van der Waals surface area contributed by atoms with Gasteiger partial charge in [0, 0.05) is 22.4 Å². The van der Waals surface area contributed by atoms with E-state index in [1.165, 1.54) is 30.0 Å². The molecule has 0 bridgehead atoms. The van der Waals surface area contributed by atoms with E-state index in [1.807, 2.05) is 6.92 Å². The molecule has 0 aliphatic carbocycles. The topological polar surface area (TPSA) is 102 Å². The number of fused-ring (bicyclic) bond motifs is 1. The van der Waals surface area contributed by atoms with E-state index in [0.29, 0.717) is 23.7 Å². The Kier molecular flexibility index (Phi) is 5.16. The molecule has 1 aromatic heterocycles. The fourth-order valence-electron chi connectivity index (χ4n) is 3.67. The van der Waals surface area contributed by atoms with Crippen molar-refractivity contribution >= 4 is 28.5 Å². The van der Waals surface area contributed by atoms with Crippen LogP contribution in [0.25, 0.3) is 0 Å². The number of rotatable bonds is 3. The Balaban J connectivity index is 1.64. The van der Waals surface area contributed by atoms with E-state index in [4.69, 9.17) is 10.5 Å². The number of amidine groups is 1. The van der Waals surface area contributed by atoms with Gasteiger partial charge in [-0.1, -0.05) is 18.7 Å². The number of nitrogens with zero attached hydrogens (tertiary/aromatic N) is 3. The smallest absolute Gasteiger partial charge is 0.379 e. The molecule has 1 fully saturated rings. The number of halogens is 4. The molecule has 1 aromatic carbocycles. The molecule has 2 aromatic rings. The number of hydrogen-bond acceptors (Lipinski definition) is 7. The molecule has 2 aliphatic heterocycles. The van der Waals surface area contributed by atoms with Crippen molar-refractivity contribution in [3.8, 4) is 0 Å². The van der Waals surface area contributed by atoms with E-state index in [1.54, 1.807) is 0 Å². The van der Waals surface area contributed by atoms with Crippen LogP contribution >= 0.6 is 11.8 Å². The molecule has 2 atom stereocenters. The maximum absolute atomic E-state index is 14.9. The number of carbonyl (C=O) groups excluding carboxylic acids is 1. The number of thioether (sulfide) groups is 1. The van der Waals surface area contributed by atoms with Crippen molar-refractivity contribution in [1.82, 2.24) is 9.97 Å². The highest BCUT2D eigenvalue weighted by atomic mass is 32.2. The second-order valence-corrected chi connectivity index (χ2v) is 8.58. The van der Waals surface area contributed by atoms with Crippen molar-refractivity contribution in [3.63, 3.8) is 0 Å². The lowest BCUT2D eigenvalue weighted by atomic mass is 9.70. The molecule has 3 N–H and O–H groups in total. The highest BCUT2D eigenvalue weighted by Gasteiger charge is 2.57. The van der Waals surface area contributed by atoms with Crippen LogP contribution in [0.15, 0.2) is 35.6 Å². The van der Waals surface area contributed by atoms with Crippen LogP contribution in [0.4, 0.5) is 23.2 Å². The van der Waals surface area contributed by atoms with Gasteiger partial charge in [-0.15, -0.1) is 0 Å². The third-order valence-corrected chi connectivity index (χ3v) is 6.58. The molecule has 4 rings (SSSR count). The number of alkyl halides is 3. The minimum atomic E-state index is -4.66. The minimum absolute atomic E-state index is 0.128. The highest BCUT2D eigenvalue weighted by molar-refractivity contribution is 8.13. The first-order valence-electron chi connectivity index (χ1n) is 9.11. The van der Waals surface area contributed by atoms with E-state index >= 15 is 0 Å². The second kappa shape index (κ2) is 7.45. The summed E-state index contributed by atoms with van der Waals surface area (Å²) in [4.78, 5) is 23.7. The Morgan fingerprint density at radius 1 is 1.26 bits per heavy atom. The molecule has 2 aliphatic rings. The fourth-order valence-corrected chi connectivity index (χ4v) is 4.68. The first-order chi connectivity index (χ1) is 14.5. The number of hydrogen-bond donors (Lipinski definition) is 2. The second-order valence-electron chi connectivity index (χ2n) is 7.59. The fraction of sp³-hybridized carbons (Fsp3) is 0.368. The van der Waals surface area contributed by atoms with Gasteiger partial charge in [0.05, 0.1) is 25.6 Å². The van der Waals surface area contributed by atoms with Crippen LogP contribution in [0.3, 0.4) is 0 Å². The van der Waals surface area contributed by atoms with Gasteiger partial charge < -0.3 is 15.8 Å². The Hall–Kier alpha value is -2.73. The average molecular weight is 455 g/mol. The van der Waals surface area contributed by atoms with Crippen molar-refractivity contribution in [2.45, 2.75) is 18.6 Å². The molecule has 1 saturated heterocycles. The van der Waals surface area contributed by atoms with Crippen molar-refractivity contribution < 1.29 is 27.1 Å². The van der Waals surface area contributed by atoms with Crippen molar-refractivity contribution in [2.75, 3.05) is 24.3 Å². The third kappa shape index (κ3) is 3.74. The highest BCUT2D eigenvalue weighted by Crippen LogP contribution is 2.53. The number of carbonyl (C=O) groups is 1. The molecule has 31 heavy (non-hydrogen) atoms. The number of nitrogens with one attached hydrogen (secondary N) is 1. The Bertz CT molecular complexity index is 1060. The zero-order chi connectivity index (χ0) is 22.4. The van der Waals surface area contributed by atoms with Crippen LogP contribution in [0.5, 0.6) is 0 Å². The Morgan fingerprint density at radius 3 is 2.71 bits per heavy atom. The molecule has 0 saturated carbocycles. The molecule has 12 heteroatoms. The van der Waals surface area contributed by atoms with Gasteiger partial charge in [-0.3, -0.25) is 4.79 Å². The van der Waals surface area contributed by atoms with Gasteiger partial charge in [-0.2, -0.15) is 13.2 Å². The van der Waals surface area contributed by atoms with Gasteiger partial charge in [-0.05, 0) is 18.2 Å². The zero-order valence-electron chi connectivity index (χ0n) is 16.2. The Morgan fingerprint density at radius 2 is 2.03 bits per heavy atom. The van der Waals surface area contributed by atoms with Crippen molar-refractivity contribution in [1.29, 1.82) is 0 Å². The summed E-state index contributed by atoms with van der Waals surface area (Å²) in [7, 11) is 0. The normalized spacial score (nSPS) is 25.6. The zero-order valence-corrected chi connectivity index (χ0v) is 17.0. The van der Waals surface area contributed by atoms with Crippen molar-refractivity contribution in [3.05, 3.63) is 53.4 Å². The molecular weight excluding hydrogens is 438 g/mol. The molecule has 0 spiro atoms. The van der Waals surface area contributed by atoms with Crippen LogP contribution < -0.4 is 11.1 Å². The third-order valence-electron chi connectivity index (χ3n) is 5.41. The Labute approximate surface area is 178 Å². The molecule has 7 nitrogen and oxygen atoms in total. The lowest BCUT2D eigenvalue weighted by Crippen LogP contribution is -2.48. The average Bonchev–Trinajstić information content (AvgIpc) is 3.06. The number of ether oxygens (including phenoxy) is 1. The maximum atomic E-state index is 14.9. The van der Waals surface area contributed by atoms with Crippen LogP contribution in [0, 0.1) is 11.2 Å². The number of aliphatic imine (C=N–C) groups is 1. The summed E-state index contributed by atoms with van der Waals surface area (Å²) >= 11 is 1.37. The van der Waals surface area contributed by atoms with Gasteiger partial charge in [0.15, 0.2) is 10.9 Å². The van der Waals surface area contributed by atoms with Gasteiger partial charge in [0.1, 0.15) is 17.1 Å². The van der Waals surface area contributed by atoms with E-state index < -0.39 is 34.5 Å². The van der Waals surface area contributed by atoms with Crippen LogP contribution in [-0.4, -0.2) is 40.0 Å². The minimum Gasteiger partial charge on any atom is -0.379 e. The van der Waals surface area contributed by atoms with Gasteiger partial charge in [0.25, 0.3) is 5.91 Å². The van der Waals surface area contributed by atoms with Crippen LogP contribution in [-0.2, 0) is 16.5 Å². The van der Waals surface area contributed by atoms with Gasteiger partial charge in [-0.25, -0.2) is 19.4 Å². The van der Waals surface area contributed by atoms with Gasteiger partial charge >= 0.3 is 6.18 Å². The lowest BCUT2D eigenvalue weighted by molar-refractivity contribution is -0.141. The van der Waals surface area contributed by atoms with Gasteiger partial charge in [0.2, 0.25) is 0 Å². The summed E-state index contributed by atoms with van der Waals surface area (Å²) in [5.41, 5.74) is 3.27. The first-order valence-corrected chi connectivity index (χ1v) is 10.1. The molecule has 3 heterocycles. The largest absolute Gasteiger partial charge is 0.434 e. The molecular formula is C19H17F4N5O2S. The summed E-state index contributed by atoms with van der Waals surface area (Å²) in [6, 6.07) is 3.96. The SMILES string of the molecule is CC12COCC1(c1cc(NC(=O)c3cnc(C(F)(F)F)cn3)ccc1F)N=C(N)SC2. The molecule has 1 amide bonds. The van der Waals surface area contributed by atoms with Crippen molar-refractivity contribution in [2.24, 2.45) is 16.1 Å². The standard InChI is InChI=1S/C19H17F4N5O2S/c1-17-7-30-8-18(17,28-16(24)31-9-17)11-4-10(2-3-12(11)20)27-15(29)13-5-26-14(6-25-13)19(21,22)23/h2-6H,7-9H2,1H3,(H2,24,28)(H,27,29). The summed E-state index contributed by atoms with van der Waals surface area (Å²) in [6.07, 6.45) is -3.46. The molecule has 164 valence electrons. The monoisotopic (exact) mass is 455 g/mol. The van der Waals surface area contributed by atoms with E-state index in [9.17, 15) is 22.4 Å². The first kappa shape index (κ1) is 21.5. The number of nitrogens with two attached hydrogens (primary N) is 1. The lowest BCUT2D eigenvalue weighted by Gasteiger charge is -2.42. The van der Waals surface area contributed by atoms with E-state index in [-0.39, 0.29) is 23.6 Å². The predicted molar refractivity (Wildman–Crippen MR) is 106 cm³/mol. The van der Waals surface area contributed by atoms with E-state index in [2.05, 4.69) is 20.3 Å². The number of benzene rings is 1. The number of amides is 1. The molecule has 0 radical (unpaired) electrons. The summed E-state index contributed by atoms with van der Waals surface area (Å²) in [6.45, 7) is 2.43. The van der Waals surface area contributed by atoms with Crippen LogP contribution in [0.1, 0.15) is 28.7 Å².